The standard InChI is InChI=1S/C11H17ClN4/c1-11(13-2)3-5-16(6-4-11)10-14-7-9(12)8-15-10/h7-8,13H,3-6H2,1-2H3. The number of nitrogens with one attached hydrogen (secondary N) is 1. The average molecular weight is 241 g/mol. The lowest BCUT2D eigenvalue weighted by molar-refractivity contribution is 0.303. The van der Waals surface area contributed by atoms with Crippen LogP contribution in [0.4, 0.5) is 5.95 Å². The van der Waals surface area contributed by atoms with Crippen molar-refractivity contribution in [1.29, 1.82) is 0 Å². The Bertz CT molecular complexity index is 344. The van der Waals surface area contributed by atoms with Gasteiger partial charge < -0.3 is 10.2 Å². The quantitative estimate of drug-likeness (QED) is 0.855. The molecule has 1 aromatic heterocycles. The molecule has 1 aromatic rings. The summed E-state index contributed by atoms with van der Waals surface area (Å²) in [5.41, 5.74) is 0.253. The predicted molar refractivity (Wildman–Crippen MR) is 66.0 cm³/mol. The van der Waals surface area contributed by atoms with E-state index in [2.05, 4.69) is 27.1 Å². The van der Waals surface area contributed by atoms with Gasteiger partial charge in [0, 0.05) is 18.6 Å². The molecule has 1 saturated heterocycles. The first-order chi connectivity index (χ1) is 7.63. The zero-order valence-corrected chi connectivity index (χ0v) is 10.5. The van der Waals surface area contributed by atoms with Gasteiger partial charge in [0.05, 0.1) is 17.4 Å². The van der Waals surface area contributed by atoms with Crippen LogP contribution in [0.1, 0.15) is 19.8 Å². The first-order valence-electron chi connectivity index (χ1n) is 5.54. The van der Waals surface area contributed by atoms with Crippen molar-refractivity contribution in [2.24, 2.45) is 0 Å². The van der Waals surface area contributed by atoms with E-state index in [4.69, 9.17) is 11.6 Å². The number of rotatable bonds is 2. The van der Waals surface area contributed by atoms with Crippen LogP contribution in [0.25, 0.3) is 0 Å². The van der Waals surface area contributed by atoms with Crippen LogP contribution in [0.3, 0.4) is 0 Å². The second-order valence-electron chi connectivity index (χ2n) is 4.50. The summed E-state index contributed by atoms with van der Waals surface area (Å²) in [6.45, 7) is 4.23. The summed E-state index contributed by atoms with van der Waals surface area (Å²) >= 11 is 5.76. The van der Waals surface area contributed by atoms with E-state index in [9.17, 15) is 0 Å². The molecule has 0 saturated carbocycles. The molecule has 0 spiro atoms. The molecule has 0 aliphatic carbocycles. The summed E-state index contributed by atoms with van der Waals surface area (Å²) in [6.07, 6.45) is 5.51. The van der Waals surface area contributed by atoms with E-state index in [1.165, 1.54) is 0 Å². The van der Waals surface area contributed by atoms with Crippen molar-refractivity contribution in [3.63, 3.8) is 0 Å². The number of aromatic nitrogens is 2. The monoisotopic (exact) mass is 240 g/mol. The molecule has 2 heterocycles. The first-order valence-corrected chi connectivity index (χ1v) is 5.92. The lowest BCUT2D eigenvalue weighted by Crippen LogP contribution is -2.50. The largest absolute Gasteiger partial charge is 0.341 e. The lowest BCUT2D eigenvalue weighted by atomic mass is 9.90. The van der Waals surface area contributed by atoms with Crippen molar-refractivity contribution in [1.82, 2.24) is 15.3 Å². The van der Waals surface area contributed by atoms with Gasteiger partial charge in [-0.2, -0.15) is 0 Å². The molecule has 1 aliphatic rings. The van der Waals surface area contributed by atoms with Crippen LogP contribution in [-0.2, 0) is 0 Å². The van der Waals surface area contributed by atoms with Gasteiger partial charge in [0.2, 0.25) is 5.95 Å². The van der Waals surface area contributed by atoms with Crippen LogP contribution >= 0.6 is 11.6 Å². The fourth-order valence-electron chi connectivity index (χ4n) is 1.92. The Morgan fingerprint density at radius 2 is 1.88 bits per heavy atom. The Hall–Kier alpha value is -0.870. The van der Waals surface area contributed by atoms with E-state index < -0.39 is 0 Å². The minimum Gasteiger partial charge on any atom is -0.341 e. The molecule has 0 unspecified atom stereocenters. The molecule has 0 aromatic carbocycles. The summed E-state index contributed by atoms with van der Waals surface area (Å²) in [6, 6.07) is 0. The molecule has 1 aliphatic heterocycles. The number of nitrogens with zero attached hydrogens (tertiary/aromatic N) is 3. The zero-order chi connectivity index (χ0) is 11.6. The van der Waals surface area contributed by atoms with E-state index in [1.807, 2.05) is 7.05 Å². The van der Waals surface area contributed by atoms with E-state index >= 15 is 0 Å². The summed E-state index contributed by atoms with van der Waals surface area (Å²) in [7, 11) is 2.02. The molecule has 1 N–H and O–H groups in total. The summed E-state index contributed by atoms with van der Waals surface area (Å²) < 4.78 is 0. The summed E-state index contributed by atoms with van der Waals surface area (Å²) in [5, 5.41) is 3.96. The third-order valence-corrected chi connectivity index (χ3v) is 3.56. The van der Waals surface area contributed by atoms with Crippen molar-refractivity contribution in [3.05, 3.63) is 17.4 Å². The Morgan fingerprint density at radius 3 is 2.38 bits per heavy atom. The third-order valence-electron chi connectivity index (χ3n) is 3.36. The van der Waals surface area contributed by atoms with Crippen LogP contribution in [0.5, 0.6) is 0 Å². The van der Waals surface area contributed by atoms with Crippen molar-refractivity contribution in [2.45, 2.75) is 25.3 Å². The molecular weight excluding hydrogens is 224 g/mol. The van der Waals surface area contributed by atoms with Gasteiger partial charge in [-0.25, -0.2) is 9.97 Å². The van der Waals surface area contributed by atoms with Crippen LogP contribution in [-0.4, -0.2) is 35.6 Å². The first kappa shape index (κ1) is 11.6. The van der Waals surface area contributed by atoms with Gasteiger partial charge in [0.25, 0.3) is 0 Å². The van der Waals surface area contributed by atoms with Gasteiger partial charge in [0.15, 0.2) is 0 Å². The Morgan fingerprint density at radius 1 is 1.31 bits per heavy atom. The molecule has 4 nitrogen and oxygen atoms in total. The number of anilines is 1. The lowest BCUT2D eigenvalue weighted by Gasteiger charge is -2.39. The maximum Gasteiger partial charge on any atom is 0.225 e. The highest BCUT2D eigenvalue weighted by molar-refractivity contribution is 6.30. The maximum absolute atomic E-state index is 5.76. The van der Waals surface area contributed by atoms with Crippen molar-refractivity contribution >= 4 is 17.5 Å². The van der Waals surface area contributed by atoms with Crippen molar-refractivity contribution in [2.75, 3.05) is 25.0 Å². The van der Waals surface area contributed by atoms with E-state index in [0.717, 1.165) is 31.9 Å². The molecule has 0 amide bonds. The topological polar surface area (TPSA) is 41.0 Å². The van der Waals surface area contributed by atoms with E-state index in [1.54, 1.807) is 12.4 Å². The third kappa shape index (κ3) is 2.44. The van der Waals surface area contributed by atoms with Gasteiger partial charge in [-0.1, -0.05) is 11.6 Å². The van der Waals surface area contributed by atoms with Gasteiger partial charge in [-0.3, -0.25) is 0 Å². The molecule has 1 fully saturated rings. The van der Waals surface area contributed by atoms with Crippen LogP contribution < -0.4 is 10.2 Å². The van der Waals surface area contributed by atoms with Crippen molar-refractivity contribution in [3.8, 4) is 0 Å². The van der Waals surface area contributed by atoms with Crippen molar-refractivity contribution < 1.29 is 0 Å². The zero-order valence-electron chi connectivity index (χ0n) is 9.70. The molecule has 16 heavy (non-hydrogen) atoms. The highest BCUT2D eigenvalue weighted by Crippen LogP contribution is 2.23. The summed E-state index contributed by atoms with van der Waals surface area (Å²) in [4.78, 5) is 10.7. The highest BCUT2D eigenvalue weighted by atomic mass is 35.5. The Kier molecular flexibility index (Phi) is 3.30. The highest BCUT2D eigenvalue weighted by Gasteiger charge is 2.29. The fraction of sp³-hybridized carbons (Fsp3) is 0.636. The number of hydrogen-bond donors (Lipinski definition) is 1. The van der Waals surface area contributed by atoms with Gasteiger partial charge in [0.1, 0.15) is 0 Å². The van der Waals surface area contributed by atoms with Crippen LogP contribution in [0, 0.1) is 0 Å². The summed E-state index contributed by atoms with van der Waals surface area (Å²) in [5.74, 6) is 0.780. The van der Waals surface area contributed by atoms with Crippen LogP contribution in [0.2, 0.25) is 5.02 Å². The second kappa shape index (κ2) is 4.55. The van der Waals surface area contributed by atoms with E-state index in [-0.39, 0.29) is 5.54 Å². The minimum absolute atomic E-state index is 0.253. The van der Waals surface area contributed by atoms with Gasteiger partial charge >= 0.3 is 0 Å². The molecule has 0 radical (unpaired) electrons. The molecule has 2 rings (SSSR count). The SMILES string of the molecule is CNC1(C)CCN(c2ncc(Cl)cn2)CC1. The Balaban J connectivity index is 2.01. The predicted octanol–water partition coefficient (Wildman–Crippen LogP) is 1.71. The minimum atomic E-state index is 0.253. The molecule has 5 heteroatoms. The molecule has 0 bridgehead atoms. The van der Waals surface area contributed by atoms with Crippen LogP contribution in [0.15, 0.2) is 12.4 Å². The smallest absolute Gasteiger partial charge is 0.225 e. The average Bonchev–Trinajstić information content (AvgIpc) is 2.32. The Labute approximate surface area is 101 Å². The number of hydrogen-bond acceptors (Lipinski definition) is 4. The van der Waals surface area contributed by atoms with Gasteiger partial charge in [-0.05, 0) is 26.8 Å². The van der Waals surface area contributed by atoms with Gasteiger partial charge in [-0.15, -0.1) is 0 Å². The molecule has 88 valence electrons. The molecule has 0 atom stereocenters. The fourth-order valence-corrected chi connectivity index (χ4v) is 2.02. The number of piperidine rings is 1. The maximum atomic E-state index is 5.76. The van der Waals surface area contributed by atoms with E-state index in [0.29, 0.717) is 5.02 Å². The number of halogens is 1. The second-order valence-corrected chi connectivity index (χ2v) is 4.94. The normalized spacial score (nSPS) is 19.8. The molecular formula is C11H17ClN4.